The van der Waals surface area contributed by atoms with Gasteiger partial charge in [-0.05, 0) is 0 Å². The first-order chi connectivity index (χ1) is 5.16. The molecule has 0 aliphatic carbocycles. The summed E-state index contributed by atoms with van der Waals surface area (Å²) in [5, 5.41) is 20.0. The van der Waals surface area contributed by atoms with Crippen molar-refractivity contribution in [3.8, 4) is 0 Å². The highest BCUT2D eigenvalue weighted by molar-refractivity contribution is 5.67. The van der Waals surface area contributed by atoms with Gasteiger partial charge in [0.15, 0.2) is 0 Å². The fourth-order valence-corrected chi connectivity index (χ4v) is 0.626. The molecule has 0 rings (SSSR count). The molecule has 0 fully saturated rings. The number of hydrogen-bond acceptors (Lipinski definition) is 3. The summed E-state index contributed by atoms with van der Waals surface area (Å²) in [6.45, 7) is 4.33. The number of carboxylic acids is 1. The summed E-state index contributed by atoms with van der Waals surface area (Å²) in [5.74, 6) is -0.988. The van der Waals surface area contributed by atoms with Gasteiger partial charge in [0, 0.05) is 13.1 Å². The third-order valence-corrected chi connectivity index (χ3v) is 1.08. The van der Waals surface area contributed by atoms with Crippen molar-refractivity contribution < 1.29 is 15.0 Å². The van der Waals surface area contributed by atoms with Gasteiger partial charge in [0.05, 0.1) is 12.5 Å². The number of aliphatic hydroxyl groups is 1. The average Bonchev–Trinajstić information content (AvgIpc) is 1.86. The van der Waals surface area contributed by atoms with Gasteiger partial charge in [0.25, 0.3) is 0 Å². The third-order valence-electron chi connectivity index (χ3n) is 1.08. The van der Waals surface area contributed by atoms with Gasteiger partial charge in [-0.2, -0.15) is 0 Å². The van der Waals surface area contributed by atoms with Crippen molar-refractivity contribution in [2.45, 2.75) is 12.5 Å². The van der Waals surface area contributed by atoms with Gasteiger partial charge >= 0.3 is 5.97 Å². The first-order valence-electron chi connectivity index (χ1n) is 3.38. The zero-order chi connectivity index (χ0) is 8.69. The maximum absolute atomic E-state index is 10.0. The average molecular weight is 159 g/mol. The van der Waals surface area contributed by atoms with Gasteiger partial charge in [-0.1, -0.05) is 6.08 Å². The van der Waals surface area contributed by atoms with Gasteiger partial charge in [0.2, 0.25) is 0 Å². The van der Waals surface area contributed by atoms with E-state index in [1.54, 1.807) is 6.08 Å². The van der Waals surface area contributed by atoms with Crippen LogP contribution in [0.4, 0.5) is 0 Å². The van der Waals surface area contributed by atoms with E-state index in [0.717, 1.165) is 0 Å². The summed E-state index contributed by atoms with van der Waals surface area (Å²) in [7, 11) is 0. The lowest BCUT2D eigenvalue weighted by atomic mass is 10.2. The molecule has 1 unspecified atom stereocenters. The Bertz CT molecular complexity index is 136. The maximum Gasteiger partial charge on any atom is 0.306 e. The number of hydrogen-bond donors (Lipinski definition) is 3. The number of carbonyl (C=O) groups is 1. The summed E-state index contributed by atoms with van der Waals surface area (Å²) >= 11 is 0. The van der Waals surface area contributed by atoms with E-state index in [2.05, 4.69) is 11.9 Å². The SMILES string of the molecule is C=CCNCC(O)CC(=O)O. The zero-order valence-electron chi connectivity index (χ0n) is 6.29. The molecule has 3 N–H and O–H groups in total. The minimum atomic E-state index is -0.988. The molecule has 1 atom stereocenters. The monoisotopic (exact) mass is 159 g/mol. The first kappa shape index (κ1) is 10.1. The van der Waals surface area contributed by atoms with Crippen molar-refractivity contribution in [3.05, 3.63) is 12.7 Å². The van der Waals surface area contributed by atoms with E-state index in [-0.39, 0.29) is 6.42 Å². The fraction of sp³-hybridized carbons (Fsp3) is 0.571. The summed E-state index contributed by atoms with van der Waals surface area (Å²) in [5.41, 5.74) is 0. The normalized spacial score (nSPS) is 12.5. The number of nitrogens with one attached hydrogen (secondary N) is 1. The van der Waals surface area contributed by atoms with Crippen molar-refractivity contribution in [2.24, 2.45) is 0 Å². The van der Waals surface area contributed by atoms with Gasteiger partial charge in [-0.25, -0.2) is 0 Å². The molecule has 0 heterocycles. The minimum absolute atomic E-state index is 0.218. The van der Waals surface area contributed by atoms with Crippen LogP contribution in [-0.2, 0) is 4.79 Å². The Morgan fingerprint density at radius 3 is 2.82 bits per heavy atom. The maximum atomic E-state index is 10.0. The Hall–Kier alpha value is -0.870. The van der Waals surface area contributed by atoms with E-state index < -0.39 is 12.1 Å². The predicted octanol–water partition coefficient (Wildman–Crippen LogP) is -0.402. The Balaban J connectivity index is 3.28. The summed E-state index contributed by atoms with van der Waals surface area (Å²) in [6.07, 6.45) is 0.616. The van der Waals surface area contributed by atoms with E-state index in [1.165, 1.54) is 0 Å². The molecule has 0 saturated heterocycles. The van der Waals surface area contributed by atoms with E-state index in [4.69, 9.17) is 10.2 Å². The van der Waals surface area contributed by atoms with E-state index in [1.807, 2.05) is 0 Å². The number of aliphatic carboxylic acids is 1. The quantitative estimate of drug-likeness (QED) is 0.364. The first-order valence-corrected chi connectivity index (χ1v) is 3.38. The molecule has 4 heteroatoms. The van der Waals surface area contributed by atoms with Gasteiger partial charge in [-0.3, -0.25) is 4.79 Å². The molecular formula is C7H13NO3. The highest BCUT2D eigenvalue weighted by Gasteiger charge is 2.07. The lowest BCUT2D eigenvalue weighted by molar-refractivity contribution is -0.139. The van der Waals surface area contributed by atoms with Crippen LogP contribution in [0.3, 0.4) is 0 Å². The van der Waals surface area contributed by atoms with Crippen LogP contribution in [0.25, 0.3) is 0 Å². The number of rotatable bonds is 6. The van der Waals surface area contributed by atoms with Crippen molar-refractivity contribution in [1.29, 1.82) is 0 Å². The standard InChI is InChI=1S/C7H13NO3/c1-2-3-8-5-6(9)4-7(10)11/h2,6,8-9H,1,3-5H2,(H,10,11). The molecule has 0 spiro atoms. The molecule has 0 bridgehead atoms. The van der Waals surface area contributed by atoms with Crippen LogP contribution in [0, 0.1) is 0 Å². The molecule has 0 aromatic carbocycles. The van der Waals surface area contributed by atoms with Crippen LogP contribution in [-0.4, -0.2) is 35.4 Å². The van der Waals surface area contributed by atoms with E-state index in [0.29, 0.717) is 13.1 Å². The lowest BCUT2D eigenvalue weighted by Gasteiger charge is -2.06. The molecule has 0 radical (unpaired) electrons. The van der Waals surface area contributed by atoms with Crippen LogP contribution in [0.2, 0.25) is 0 Å². The second-order valence-electron chi connectivity index (χ2n) is 2.20. The second-order valence-corrected chi connectivity index (χ2v) is 2.20. The highest BCUT2D eigenvalue weighted by Crippen LogP contribution is 1.88. The summed E-state index contributed by atoms with van der Waals surface area (Å²) in [6, 6.07) is 0. The molecule has 0 aliphatic rings. The topological polar surface area (TPSA) is 69.6 Å². The molecule has 0 amide bonds. The predicted molar refractivity (Wildman–Crippen MR) is 41.3 cm³/mol. The summed E-state index contributed by atoms with van der Waals surface area (Å²) in [4.78, 5) is 10.0. The molecule has 4 nitrogen and oxygen atoms in total. The van der Waals surface area contributed by atoms with Crippen molar-refractivity contribution in [3.63, 3.8) is 0 Å². The molecule has 0 aromatic heterocycles. The van der Waals surface area contributed by atoms with Crippen molar-refractivity contribution >= 4 is 5.97 Å². The van der Waals surface area contributed by atoms with Crippen molar-refractivity contribution in [1.82, 2.24) is 5.32 Å². The van der Waals surface area contributed by atoms with Crippen LogP contribution in [0.5, 0.6) is 0 Å². The molecule has 0 saturated carbocycles. The molecular weight excluding hydrogens is 146 g/mol. The van der Waals surface area contributed by atoms with Gasteiger partial charge in [0.1, 0.15) is 0 Å². The zero-order valence-corrected chi connectivity index (χ0v) is 6.29. The highest BCUT2D eigenvalue weighted by atomic mass is 16.4. The number of carboxylic acid groups (broad SMARTS) is 1. The fourth-order valence-electron chi connectivity index (χ4n) is 0.626. The van der Waals surface area contributed by atoms with E-state index in [9.17, 15) is 4.79 Å². The van der Waals surface area contributed by atoms with Gasteiger partial charge < -0.3 is 15.5 Å². The van der Waals surface area contributed by atoms with Crippen molar-refractivity contribution in [2.75, 3.05) is 13.1 Å². The van der Waals surface area contributed by atoms with E-state index >= 15 is 0 Å². The van der Waals surface area contributed by atoms with Crippen LogP contribution < -0.4 is 5.32 Å². The van der Waals surface area contributed by atoms with Crippen LogP contribution in [0.1, 0.15) is 6.42 Å². The summed E-state index contributed by atoms with van der Waals surface area (Å²) < 4.78 is 0. The molecule has 0 aromatic rings. The number of aliphatic hydroxyl groups excluding tert-OH is 1. The largest absolute Gasteiger partial charge is 0.481 e. The second kappa shape index (κ2) is 5.88. The minimum Gasteiger partial charge on any atom is -0.481 e. The third kappa shape index (κ3) is 7.02. The molecule has 0 aliphatic heterocycles. The Labute approximate surface area is 65.5 Å². The Kier molecular flexibility index (Phi) is 5.42. The van der Waals surface area contributed by atoms with Gasteiger partial charge in [-0.15, -0.1) is 6.58 Å². The molecule has 64 valence electrons. The lowest BCUT2D eigenvalue weighted by Crippen LogP contribution is -2.28. The smallest absolute Gasteiger partial charge is 0.306 e. The Morgan fingerprint density at radius 2 is 2.36 bits per heavy atom. The van der Waals surface area contributed by atoms with Crippen LogP contribution >= 0.6 is 0 Å². The Morgan fingerprint density at radius 1 is 1.73 bits per heavy atom. The van der Waals surface area contributed by atoms with Crippen LogP contribution in [0.15, 0.2) is 12.7 Å². The molecule has 11 heavy (non-hydrogen) atoms.